The minimum absolute atomic E-state index is 0.392. The molecule has 1 atom stereocenters. The highest BCUT2D eigenvalue weighted by Gasteiger charge is 2.10. The molecule has 0 aromatic carbocycles. The van der Waals surface area contributed by atoms with Gasteiger partial charge in [-0.2, -0.15) is 0 Å². The van der Waals surface area contributed by atoms with Crippen LogP contribution in [0.3, 0.4) is 0 Å². The Bertz CT molecular complexity index is 198. The van der Waals surface area contributed by atoms with Crippen molar-refractivity contribution in [3.63, 3.8) is 0 Å². The monoisotopic (exact) mass is 185 g/mol. The zero-order chi connectivity index (χ0) is 8.81. The first-order valence-electron chi connectivity index (χ1n) is 4.32. The Morgan fingerprint density at radius 2 is 2.50 bits per heavy atom. The summed E-state index contributed by atoms with van der Waals surface area (Å²) in [5.41, 5.74) is 1.08. The molecule has 0 spiro atoms. The van der Waals surface area contributed by atoms with Gasteiger partial charge in [-0.1, -0.05) is 24.3 Å². The summed E-state index contributed by atoms with van der Waals surface area (Å²) in [7, 11) is 1.97. The summed E-state index contributed by atoms with van der Waals surface area (Å²) in [5, 5.41) is 9.30. The second-order valence-electron chi connectivity index (χ2n) is 2.81. The first-order valence-corrected chi connectivity index (χ1v) is 5.16. The zero-order valence-electron chi connectivity index (χ0n) is 7.58. The van der Waals surface area contributed by atoms with Gasteiger partial charge in [0.25, 0.3) is 0 Å². The highest BCUT2D eigenvalue weighted by molar-refractivity contribution is 7.03. The molecule has 0 aliphatic rings. The first-order chi connectivity index (χ1) is 5.88. The Morgan fingerprint density at radius 3 is 3.00 bits per heavy atom. The fraction of sp³-hybridized carbons (Fsp3) is 0.750. The van der Waals surface area contributed by atoms with Crippen LogP contribution in [-0.2, 0) is 0 Å². The fourth-order valence-electron chi connectivity index (χ4n) is 1.17. The fourth-order valence-corrected chi connectivity index (χ4v) is 1.68. The van der Waals surface area contributed by atoms with E-state index in [0.717, 1.165) is 12.1 Å². The molecule has 1 aromatic rings. The second kappa shape index (κ2) is 5.22. The van der Waals surface area contributed by atoms with Crippen LogP contribution in [0.1, 0.15) is 37.9 Å². The molecule has 0 radical (unpaired) electrons. The van der Waals surface area contributed by atoms with Gasteiger partial charge in [0.15, 0.2) is 0 Å². The molecule has 0 aliphatic carbocycles. The standard InChI is InChI=1S/C8H15N3S/c1-3-4-5-7(9-2)8-6-12-11-10-8/h6-7,9H,3-5H2,1-2H3. The number of nitrogens with zero attached hydrogens (tertiary/aromatic N) is 2. The molecule has 0 saturated heterocycles. The van der Waals surface area contributed by atoms with Gasteiger partial charge in [0.2, 0.25) is 0 Å². The molecule has 1 N–H and O–H groups in total. The van der Waals surface area contributed by atoms with Crippen molar-refractivity contribution in [2.75, 3.05) is 7.05 Å². The van der Waals surface area contributed by atoms with Crippen LogP contribution >= 0.6 is 11.5 Å². The number of rotatable bonds is 5. The number of nitrogens with one attached hydrogen (secondary N) is 1. The van der Waals surface area contributed by atoms with Gasteiger partial charge in [0, 0.05) is 5.38 Å². The smallest absolute Gasteiger partial charge is 0.0924 e. The van der Waals surface area contributed by atoms with E-state index in [2.05, 4.69) is 21.8 Å². The van der Waals surface area contributed by atoms with Crippen LogP contribution in [0.25, 0.3) is 0 Å². The Kier molecular flexibility index (Phi) is 4.18. The Labute approximate surface area is 77.4 Å². The van der Waals surface area contributed by atoms with Gasteiger partial charge in [0.05, 0.1) is 11.7 Å². The molecule has 0 saturated carbocycles. The van der Waals surface area contributed by atoms with Crippen molar-refractivity contribution in [2.45, 2.75) is 32.2 Å². The van der Waals surface area contributed by atoms with Crippen LogP contribution in [0.2, 0.25) is 0 Å². The SMILES string of the molecule is CCCCC(NC)c1csnn1. The van der Waals surface area contributed by atoms with E-state index < -0.39 is 0 Å². The highest BCUT2D eigenvalue weighted by Crippen LogP contribution is 2.16. The van der Waals surface area contributed by atoms with E-state index in [0.29, 0.717) is 6.04 Å². The van der Waals surface area contributed by atoms with Crippen LogP contribution < -0.4 is 5.32 Å². The normalized spacial score (nSPS) is 13.2. The first kappa shape index (κ1) is 9.61. The van der Waals surface area contributed by atoms with Gasteiger partial charge in [-0.05, 0) is 25.0 Å². The molecule has 4 heteroatoms. The van der Waals surface area contributed by atoms with Gasteiger partial charge in [-0.15, -0.1) is 5.10 Å². The maximum absolute atomic E-state index is 4.05. The number of unbranched alkanes of at least 4 members (excludes halogenated alkanes) is 1. The summed E-state index contributed by atoms with van der Waals surface area (Å²) in [6, 6.07) is 0.392. The van der Waals surface area contributed by atoms with Crippen molar-refractivity contribution in [3.05, 3.63) is 11.1 Å². The van der Waals surface area contributed by atoms with E-state index >= 15 is 0 Å². The quantitative estimate of drug-likeness (QED) is 0.762. The molecule has 1 unspecified atom stereocenters. The lowest BCUT2D eigenvalue weighted by atomic mass is 10.1. The van der Waals surface area contributed by atoms with Gasteiger partial charge in [-0.25, -0.2) is 0 Å². The molecule has 1 heterocycles. The van der Waals surface area contributed by atoms with E-state index in [-0.39, 0.29) is 0 Å². The summed E-state index contributed by atoms with van der Waals surface area (Å²) >= 11 is 1.42. The molecule has 0 fully saturated rings. The van der Waals surface area contributed by atoms with Crippen molar-refractivity contribution in [3.8, 4) is 0 Å². The minimum atomic E-state index is 0.392. The molecule has 12 heavy (non-hydrogen) atoms. The lowest BCUT2D eigenvalue weighted by Crippen LogP contribution is -2.16. The van der Waals surface area contributed by atoms with E-state index in [9.17, 15) is 0 Å². The summed E-state index contributed by atoms with van der Waals surface area (Å²) in [6.07, 6.45) is 3.62. The van der Waals surface area contributed by atoms with Crippen molar-refractivity contribution < 1.29 is 0 Å². The summed E-state index contributed by atoms with van der Waals surface area (Å²) in [4.78, 5) is 0. The molecule has 1 aromatic heterocycles. The van der Waals surface area contributed by atoms with Gasteiger partial charge in [-0.3, -0.25) is 0 Å². The van der Waals surface area contributed by atoms with Gasteiger partial charge < -0.3 is 5.32 Å². The third-order valence-electron chi connectivity index (χ3n) is 1.93. The lowest BCUT2D eigenvalue weighted by Gasteiger charge is -2.11. The Hall–Kier alpha value is -0.480. The van der Waals surface area contributed by atoms with Crippen LogP contribution in [-0.4, -0.2) is 16.6 Å². The average molecular weight is 185 g/mol. The largest absolute Gasteiger partial charge is 0.312 e. The van der Waals surface area contributed by atoms with Crippen molar-refractivity contribution >= 4 is 11.5 Å². The van der Waals surface area contributed by atoms with E-state index in [4.69, 9.17) is 0 Å². The predicted molar refractivity (Wildman–Crippen MR) is 51.2 cm³/mol. The third kappa shape index (κ3) is 2.53. The van der Waals surface area contributed by atoms with Crippen LogP contribution in [0.15, 0.2) is 5.38 Å². The van der Waals surface area contributed by atoms with Crippen LogP contribution in [0, 0.1) is 0 Å². The van der Waals surface area contributed by atoms with Crippen molar-refractivity contribution in [1.29, 1.82) is 0 Å². The number of hydrogen-bond donors (Lipinski definition) is 1. The maximum atomic E-state index is 4.05. The molecular weight excluding hydrogens is 170 g/mol. The molecular formula is C8H15N3S. The highest BCUT2D eigenvalue weighted by atomic mass is 32.1. The zero-order valence-corrected chi connectivity index (χ0v) is 8.40. The van der Waals surface area contributed by atoms with Gasteiger partial charge >= 0.3 is 0 Å². The molecule has 3 nitrogen and oxygen atoms in total. The Morgan fingerprint density at radius 1 is 1.67 bits per heavy atom. The average Bonchev–Trinajstić information content (AvgIpc) is 2.59. The Balaban J connectivity index is 2.45. The number of aromatic nitrogens is 2. The number of hydrogen-bond acceptors (Lipinski definition) is 4. The van der Waals surface area contributed by atoms with Crippen molar-refractivity contribution in [2.24, 2.45) is 0 Å². The third-order valence-corrected chi connectivity index (χ3v) is 2.45. The molecule has 1 rings (SSSR count). The predicted octanol–water partition coefficient (Wildman–Crippen LogP) is 1.99. The van der Waals surface area contributed by atoms with Gasteiger partial charge in [0.1, 0.15) is 0 Å². The summed E-state index contributed by atoms with van der Waals surface area (Å²) in [5.74, 6) is 0. The van der Waals surface area contributed by atoms with Crippen LogP contribution in [0.5, 0.6) is 0 Å². The van der Waals surface area contributed by atoms with E-state index in [1.54, 1.807) is 0 Å². The molecule has 0 amide bonds. The molecule has 0 aliphatic heterocycles. The van der Waals surface area contributed by atoms with Crippen molar-refractivity contribution in [1.82, 2.24) is 14.9 Å². The summed E-state index contributed by atoms with van der Waals surface area (Å²) in [6.45, 7) is 2.20. The lowest BCUT2D eigenvalue weighted by molar-refractivity contribution is 0.510. The topological polar surface area (TPSA) is 37.8 Å². The second-order valence-corrected chi connectivity index (χ2v) is 3.42. The van der Waals surface area contributed by atoms with Crippen LogP contribution in [0.4, 0.5) is 0 Å². The molecule has 68 valence electrons. The van der Waals surface area contributed by atoms with E-state index in [1.807, 2.05) is 12.4 Å². The van der Waals surface area contributed by atoms with E-state index in [1.165, 1.54) is 24.4 Å². The minimum Gasteiger partial charge on any atom is -0.312 e. The molecule has 0 bridgehead atoms. The summed E-state index contributed by atoms with van der Waals surface area (Å²) < 4.78 is 3.85. The maximum Gasteiger partial charge on any atom is 0.0924 e.